The minimum Gasteiger partial charge on any atom is -0.870 e. The van der Waals surface area contributed by atoms with Gasteiger partial charge in [0.15, 0.2) is 21.1 Å². The van der Waals surface area contributed by atoms with Crippen molar-refractivity contribution >= 4 is 8.69 Å². The summed E-state index contributed by atoms with van der Waals surface area (Å²) >= 11 is 0. The zero-order chi connectivity index (χ0) is 11.2. The number of pyridine rings is 1. The van der Waals surface area contributed by atoms with Crippen molar-refractivity contribution in [3.8, 4) is 0 Å². The Bertz CT molecular complexity index is 410. The van der Waals surface area contributed by atoms with Crippen LogP contribution in [0.5, 0.6) is 0 Å². The maximum atomic E-state index is 10.7. The Kier molecular flexibility index (Phi) is 5.57. The molecule has 2 unspecified atom stereocenters. The van der Waals surface area contributed by atoms with Gasteiger partial charge >= 0.3 is 0 Å². The lowest BCUT2D eigenvalue weighted by molar-refractivity contribution is -0.743. The summed E-state index contributed by atoms with van der Waals surface area (Å²) in [7, 11) is -1.24. The van der Waals surface area contributed by atoms with Crippen LogP contribution in [0.25, 0.3) is 0 Å². The SMILES string of the molecule is O=[PH2]OC(c1ccccc1)[n+]1ccccc1.[OH-]. The molecule has 1 heterocycles. The Morgan fingerprint density at radius 3 is 2.18 bits per heavy atom. The van der Waals surface area contributed by atoms with Gasteiger partial charge in [-0.25, -0.2) is 0 Å². The lowest BCUT2D eigenvalue weighted by Crippen LogP contribution is -2.39. The second-order valence-corrected chi connectivity index (χ2v) is 3.78. The first-order valence-electron chi connectivity index (χ1n) is 5.01. The third-order valence-corrected chi connectivity index (χ3v) is 2.65. The number of benzene rings is 1. The van der Waals surface area contributed by atoms with Crippen molar-refractivity contribution in [1.82, 2.24) is 0 Å². The van der Waals surface area contributed by atoms with E-state index in [4.69, 9.17) is 4.52 Å². The van der Waals surface area contributed by atoms with Gasteiger partial charge in [-0.3, -0.25) is 9.09 Å². The van der Waals surface area contributed by atoms with Crippen LogP contribution < -0.4 is 4.57 Å². The molecule has 0 fully saturated rings. The minimum absolute atomic E-state index is 0. The predicted molar refractivity (Wildman–Crippen MR) is 64.6 cm³/mol. The van der Waals surface area contributed by atoms with Gasteiger partial charge in [-0.05, 0) is 12.1 Å². The molecule has 0 spiro atoms. The van der Waals surface area contributed by atoms with Gasteiger partial charge in [-0.15, -0.1) is 0 Å². The molecule has 1 N–H and O–H groups in total. The lowest BCUT2D eigenvalue weighted by Gasteiger charge is -2.09. The highest BCUT2D eigenvalue weighted by molar-refractivity contribution is 7.17. The number of hydrogen-bond acceptors (Lipinski definition) is 3. The standard InChI is InChI=1S/C12H13NO2P.H2O/c14-16-15-12(11-7-3-1-4-8-11)13-9-5-2-6-10-13;/h1-10,12H,16H2;1H2/q+1;/p-1. The van der Waals surface area contributed by atoms with Crippen LogP contribution in [0.1, 0.15) is 11.8 Å². The van der Waals surface area contributed by atoms with E-state index in [2.05, 4.69) is 0 Å². The normalized spacial score (nSPS) is 12.2. The van der Waals surface area contributed by atoms with Crippen molar-refractivity contribution in [2.45, 2.75) is 6.23 Å². The van der Waals surface area contributed by atoms with Crippen LogP contribution >= 0.6 is 8.69 Å². The molecule has 17 heavy (non-hydrogen) atoms. The summed E-state index contributed by atoms with van der Waals surface area (Å²) in [5.41, 5.74) is 0.988. The lowest BCUT2D eigenvalue weighted by atomic mass is 10.2. The summed E-state index contributed by atoms with van der Waals surface area (Å²) in [4.78, 5) is 0. The van der Waals surface area contributed by atoms with Crippen LogP contribution in [-0.2, 0) is 9.09 Å². The molecule has 0 amide bonds. The molecule has 4 nitrogen and oxygen atoms in total. The number of nitrogens with zero attached hydrogens (tertiary/aromatic N) is 1. The van der Waals surface area contributed by atoms with Gasteiger partial charge in [0.25, 0.3) is 6.23 Å². The molecule has 1 aromatic heterocycles. The molecule has 90 valence electrons. The van der Waals surface area contributed by atoms with E-state index >= 15 is 0 Å². The summed E-state index contributed by atoms with van der Waals surface area (Å²) in [6, 6.07) is 15.5. The highest BCUT2D eigenvalue weighted by Crippen LogP contribution is 2.17. The third-order valence-electron chi connectivity index (χ3n) is 2.28. The Balaban J connectivity index is 0.00000144. The number of aromatic nitrogens is 1. The second kappa shape index (κ2) is 6.97. The van der Waals surface area contributed by atoms with Gasteiger partial charge in [0.1, 0.15) is 0 Å². The predicted octanol–water partition coefficient (Wildman–Crippen LogP) is 2.03. The Labute approximate surface area is 101 Å². The largest absolute Gasteiger partial charge is 0.870 e. The molecule has 2 rings (SSSR count). The Morgan fingerprint density at radius 2 is 1.59 bits per heavy atom. The van der Waals surface area contributed by atoms with Crippen LogP contribution in [-0.4, -0.2) is 5.48 Å². The third kappa shape index (κ3) is 3.49. The van der Waals surface area contributed by atoms with E-state index in [9.17, 15) is 4.57 Å². The first-order chi connectivity index (χ1) is 7.92. The first-order valence-corrected chi connectivity index (χ1v) is 5.96. The molecule has 0 saturated carbocycles. The first kappa shape index (κ1) is 13.6. The quantitative estimate of drug-likeness (QED) is 0.617. The van der Waals surface area contributed by atoms with E-state index < -0.39 is 8.69 Å². The highest BCUT2D eigenvalue weighted by Gasteiger charge is 2.19. The average molecular weight is 251 g/mol. The van der Waals surface area contributed by atoms with Crippen molar-refractivity contribution in [2.75, 3.05) is 0 Å². The fraction of sp³-hybridized carbons (Fsp3) is 0.0833. The summed E-state index contributed by atoms with van der Waals surface area (Å²) in [6.45, 7) is 0. The molecule has 2 aromatic rings. The average Bonchev–Trinajstić information content (AvgIpc) is 2.38. The zero-order valence-electron chi connectivity index (χ0n) is 9.14. The molecule has 0 saturated heterocycles. The van der Waals surface area contributed by atoms with E-state index in [0.29, 0.717) is 0 Å². The molecule has 0 radical (unpaired) electrons. The molecule has 0 aliphatic carbocycles. The summed E-state index contributed by atoms with van der Waals surface area (Å²) in [5.74, 6) is 0. The smallest absolute Gasteiger partial charge is 0.294 e. The Morgan fingerprint density at radius 1 is 1.00 bits per heavy atom. The second-order valence-electron chi connectivity index (χ2n) is 3.32. The highest BCUT2D eigenvalue weighted by atomic mass is 31.1. The van der Waals surface area contributed by atoms with Gasteiger partial charge in [0.05, 0.1) is 0 Å². The fourth-order valence-corrected chi connectivity index (χ4v) is 1.96. The van der Waals surface area contributed by atoms with Crippen LogP contribution in [0.2, 0.25) is 0 Å². The molecule has 1 aromatic carbocycles. The van der Waals surface area contributed by atoms with Crippen LogP contribution in [0.15, 0.2) is 60.9 Å². The van der Waals surface area contributed by atoms with Gasteiger partial charge in [-0.2, -0.15) is 4.57 Å². The van der Waals surface area contributed by atoms with Crippen LogP contribution in [0.4, 0.5) is 0 Å². The van der Waals surface area contributed by atoms with Gasteiger partial charge in [-0.1, -0.05) is 24.3 Å². The van der Waals surface area contributed by atoms with Crippen molar-refractivity contribution in [1.29, 1.82) is 0 Å². The van der Waals surface area contributed by atoms with Crippen LogP contribution in [0.3, 0.4) is 0 Å². The van der Waals surface area contributed by atoms with E-state index in [1.54, 1.807) is 0 Å². The molecule has 2 atom stereocenters. The summed E-state index contributed by atoms with van der Waals surface area (Å²) < 4.78 is 17.9. The zero-order valence-corrected chi connectivity index (χ0v) is 10.3. The minimum atomic E-state index is -1.24. The van der Waals surface area contributed by atoms with E-state index in [-0.39, 0.29) is 11.7 Å². The fourth-order valence-electron chi connectivity index (χ4n) is 1.56. The Hall–Kier alpha value is -1.48. The molecule has 0 aliphatic rings. The summed E-state index contributed by atoms with van der Waals surface area (Å²) in [6.07, 6.45) is 3.48. The van der Waals surface area contributed by atoms with Gasteiger partial charge in [0.2, 0.25) is 0 Å². The summed E-state index contributed by atoms with van der Waals surface area (Å²) in [5, 5.41) is 0. The maximum absolute atomic E-state index is 10.7. The van der Waals surface area contributed by atoms with Crippen LogP contribution in [0, 0.1) is 0 Å². The van der Waals surface area contributed by atoms with Crippen molar-refractivity contribution in [3.05, 3.63) is 66.5 Å². The monoisotopic (exact) mass is 251 g/mol. The molecular formula is C12H14NO3P. The van der Waals surface area contributed by atoms with Gasteiger partial charge in [0, 0.05) is 17.7 Å². The molecule has 5 heteroatoms. The number of rotatable bonds is 4. The topological polar surface area (TPSA) is 60.2 Å². The van der Waals surface area contributed by atoms with Crippen molar-refractivity contribution < 1.29 is 19.1 Å². The van der Waals surface area contributed by atoms with E-state index in [0.717, 1.165) is 5.56 Å². The van der Waals surface area contributed by atoms with E-state index in [1.807, 2.05) is 65.5 Å². The molecular weight excluding hydrogens is 237 g/mol. The van der Waals surface area contributed by atoms with E-state index in [1.165, 1.54) is 0 Å². The molecule has 0 bridgehead atoms. The molecule has 0 aliphatic heterocycles. The van der Waals surface area contributed by atoms with Crippen molar-refractivity contribution in [3.63, 3.8) is 0 Å². The van der Waals surface area contributed by atoms with Crippen molar-refractivity contribution in [2.24, 2.45) is 0 Å². The maximum Gasteiger partial charge on any atom is 0.294 e. The van der Waals surface area contributed by atoms with Gasteiger partial charge < -0.3 is 5.48 Å². The number of hydrogen-bond donors (Lipinski definition) is 0.